The van der Waals surface area contributed by atoms with E-state index in [9.17, 15) is 0 Å². The highest BCUT2D eigenvalue weighted by molar-refractivity contribution is 5.58. The largest absolute Gasteiger partial charge is 0.396 e. The second-order valence-electron chi connectivity index (χ2n) is 9.20. The van der Waals surface area contributed by atoms with Crippen molar-refractivity contribution in [2.45, 2.75) is 38.7 Å². The summed E-state index contributed by atoms with van der Waals surface area (Å²) >= 11 is 0. The molecule has 9 nitrogen and oxygen atoms in total. The fourth-order valence-corrected chi connectivity index (χ4v) is 5.30. The first-order valence-corrected chi connectivity index (χ1v) is 11.2. The number of aliphatic hydroxyl groups is 1. The van der Waals surface area contributed by atoms with Gasteiger partial charge in [-0.15, -0.1) is 5.10 Å². The smallest absolute Gasteiger partial charge is 0.183 e. The van der Waals surface area contributed by atoms with E-state index in [1.54, 1.807) is 11.3 Å². The molecule has 6 rings (SSSR count). The van der Waals surface area contributed by atoms with Crippen LogP contribution in [0.4, 0.5) is 5.69 Å². The second kappa shape index (κ2) is 7.87. The van der Waals surface area contributed by atoms with E-state index in [-0.39, 0.29) is 12.5 Å². The number of aryl methyl sites for hydroxylation is 1. The van der Waals surface area contributed by atoms with Gasteiger partial charge in [0, 0.05) is 45.0 Å². The third-order valence-electron chi connectivity index (χ3n) is 7.06. The lowest BCUT2D eigenvalue weighted by Gasteiger charge is -2.43. The molecule has 4 atom stereocenters. The Morgan fingerprint density at radius 3 is 3.06 bits per heavy atom. The molecule has 31 heavy (non-hydrogen) atoms. The quantitative estimate of drug-likeness (QED) is 0.514. The van der Waals surface area contributed by atoms with Crippen molar-refractivity contribution in [1.29, 1.82) is 0 Å². The van der Waals surface area contributed by atoms with Crippen LogP contribution in [0.25, 0.3) is 5.65 Å². The number of hydrogen-bond donors (Lipinski definition) is 1. The van der Waals surface area contributed by atoms with Crippen molar-refractivity contribution >= 4 is 24.3 Å². The first kappa shape index (κ1) is 20.4. The fourth-order valence-electron chi connectivity index (χ4n) is 5.30. The lowest BCUT2D eigenvalue weighted by atomic mass is 9.63. The van der Waals surface area contributed by atoms with Gasteiger partial charge in [-0.25, -0.2) is 9.50 Å². The maximum absolute atomic E-state index is 8.97. The number of fused-ring (bicyclic) bond motifs is 2. The molecule has 0 amide bonds. The Bertz CT molecular complexity index is 1000. The predicted octanol–water partition coefficient (Wildman–Crippen LogP) is 2.03. The van der Waals surface area contributed by atoms with Crippen LogP contribution >= 0.6 is 0 Å². The Morgan fingerprint density at radius 1 is 1.48 bits per heavy atom. The molecule has 0 radical (unpaired) electrons. The Kier molecular flexibility index (Phi) is 5.18. The van der Waals surface area contributed by atoms with Crippen LogP contribution in [-0.2, 0) is 10.3 Å². The highest BCUT2D eigenvalue weighted by atomic mass is 16.5. The number of pyridine rings is 1. The Labute approximate surface area is 182 Å². The monoisotopic (exact) mass is 425 g/mol. The van der Waals surface area contributed by atoms with Crippen molar-refractivity contribution in [3.63, 3.8) is 0 Å². The molecule has 2 bridgehead atoms. The normalized spacial score (nSPS) is 29.8. The summed E-state index contributed by atoms with van der Waals surface area (Å²) in [4.78, 5) is 7.35. The van der Waals surface area contributed by atoms with E-state index >= 15 is 0 Å². The van der Waals surface area contributed by atoms with Gasteiger partial charge in [0.05, 0.1) is 25.0 Å². The molecule has 9 heteroatoms. The number of rotatable bonds is 8. The number of anilines is 1. The lowest BCUT2D eigenvalue weighted by molar-refractivity contribution is -0.0758. The van der Waals surface area contributed by atoms with Gasteiger partial charge in [-0.05, 0) is 43.2 Å². The SMILES string of the molecule is C=NN(CC1C2COC1(c1nc3c(C)cc(N4CCC(C)C4)cn3n1)C2)/N=C\CCO. The van der Waals surface area contributed by atoms with Crippen molar-refractivity contribution in [3.05, 3.63) is 23.7 Å². The van der Waals surface area contributed by atoms with Gasteiger partial charge < -0.3 is 14.7 Å². The number of hydrazone groups is 2. The van der Waals surface area contributed by atoms with Gasteiger partial charge in [0.25, 0.3) is 0 Å². The van der Waals surface area contributed by atoms with E-state index in [4.69, 9.17) is 19.9 Å². The Morgan fingerprint density at radius 2 is 2.35 bits per heavy atom. The van der Waals surface area contributed by atoms with Gasteiger partial charge >= 0.3 is 0 Å². The van der Waals surface area contributed by atoms with Gasteiger partial charge in [-0.3, -0.25) is 0 Å². The second-order valence-corrected chi connectivity index (χ2v) is 9.20. The molecule has 4 unspecified atom stereocenters. The zero-order valence-corrected chi connectivity index (χ0v) is 18.3. The van der Waals surface area contributed by atoms with Gasteiger partial charge in [0.1, 0.15) is 5.60 Å². The fraction of sp³-hybridized carbons (Fsp3) is 0.636. The van der Waals surface area contributed by atoms with Gasteiger partial charge in [-0.2, -0.15) is 15.3 Å². The minimum atomic E-state index is -0.485. The van der Waals surface area contributed by atoms with Crippen LogP contribution in [0, 0.1) is 24.7 Å². The number of aromatic nitrogens is 3. The van der Waals surface area contributed by atoms with Crippen molar-refractivity contribution < 1.29 is 9.84 Å². The van der Waals surface area contributed by atoms with Gasteiger partial charge in [0.15, 0.2) is 11.5 Å². The van der Waals surface area contributed by atoms with E-state index in [1.165, 1.54) is 12.1 Å². The molecule has 4 fully saturated rings. The van der Waals surface area contributed by atoms with Crippen molar-refractivity contribution in [1.82, 2.24) is 19.7 Å². The highest BCUT2D eigenvalue weighted by Crippen LogP contribution is 2.59. The summed E-state index contributed by atoms with van der Waals surface area (Å²) in [6, 6.07) is 2.22. The number of ether oxygens (including phenoxy) is 1. The zero-order valence-electron chi connectivity index (χ0n) is 18.3. The molecule has 5 heterocycles. The summed E-state index contributed by atoms with van der Waals surface area (Å²) in [6.07, 6.45) is 6.41. The van der Waals surface area contributed by atoms with Gasteiger partial charge in [-0.1, -0.05) is 6.92 Å². The zero-order chi connectivity index (χ0) is 21.6. The van der Waals surface area contributed by atoms with E-state index < -0.39 is 5.60 Å². The Balaban J connectivity index is 1.41. The molecule has 166 valence electrons. The molecule has 1 N–H and O–H groups in total. The van der Waals surface area contributed by atoms with Crippen LogP contribution in [0.2, 0.25) is 0 Å². The van der Waals surface area contributed by atoms with Crippen LogP contribution < -0.4 is 4.90 Å². The van der Waals surface area contributed by atoms with Crippen LogP contribution in [0.1, 0.15) is 37.6 Å². The van der Waals surface area contributed by atoms with Crippen LogP contribution in [-0.4, -0.2) is 70.6 Å². The first-order chi connectivity index (χ1) is 15.0. The van der Waals surface area contributed by atoms with Gasteiger partial charge in [0.2, 0.25) is 0 Å². The number of nitrogens with zero attached hydrogens (tertiary/aromatic N) is 7. The standard InChI is InChI=1S/C22H31N7O2/c1-15-5-7-27(11-15)18-9-16(2)20-25-21(26-28(20)12-18)22-10-17(14-31-22)19(22)13-29(23-3)24-6-4-8-30/h6,9,12,15,17,19,30H,3-5,7-8,10-11,13-14H2,1-2H3/b24-6-. The van der Waals surface area contributed by atoms with E-state index in [1.807, 2.05) is 4.52 Å². The predicted molar refractivity (Wildman–Crippen MR) is 119 cm³/mol. The molecule has 1 saturated carbocycles. The molecule has 0 aromatic carbocycles. The average Bonchev–Trinajstić information content (AvgIpc) is 3.52. The molecule has 3 saturated heterocycles. The maximum Gasteiger partial charge on any atom is 0.183 e. The molecule has 1 aliphatic carbocycles. The number of hydrogen-bond acceptors (Lipinski definition) is 8. The topological polar surface area (TPSA) is 90.9 Å². The van der Waals surface area contributed by atoms with Crippen molar-refractivity contribution in [2.24, 2.45) is 28.0 Å². The molecular weight excluding hydrogens is 394 g/mol. The first-order valence-electron chi connectivity index (χ1n) is 11.2. The minimum absolute atomic E-state index is 0.0659. The average molecular weight is 426 g/mol. The van der Waals surface area contributed by atoms with Crippen molar-refractivity contribution in [3.8, 4) is 0 Å². The van der Waals surface area contributed by atoms with E-state index in [0.717, 1.165) is 42.5 Å². The van der Waals surface area contributed by atoms with Crippen molar-refractivity contribution in [2.75, 3.05) is 37.7 Å². The third-order valence-corrected chi connectivity index (χ3v) is 7.06. The lowest BCUT2D eigenvalue weighted by Crippen LogP contribution is -2.50. The summed E-state index contributed by atoms with van der Waals surface area (Å²) in [5.41, 5.74) is 2.73. The molecular formula is C22H31N7O2. The summed E-state index contributed by atoms with van der Waals surface area (Å²) < 4.78 is 8.19. The van der Waals surface area contributed by atoms with Crippen LogP contribution in [0.3, 0.4) is 0 Å². The summed E-state index contributed by atoms with van der Waals surface area (Å²) in [5.74, 6) is 2.14. The van der Waals surface area contributed by atoms with Crippen LogP contribution in [0.5, 0.6) is 0 Å². The third kappa shape index (κ3) is 3.40. The van der Waals surface area contributed by atoms with E-state index in [2.05, 4.69) is 47.9 Å². The van der Waals surface area contributed by atoms with Crippen LogP contribution in [0.15, 0.2) is 22.5 Å². The molecule has 0 spiro atoms. The Hall–Kier alpha value is -2.52. The molecule has 3 aliphatic heterocycles. The molecule has 2 aromatic heterocycles. The summed E-state index contributed by atoms with van der Waals surface area (Å²) in [5, 5.41) is 23.8. The summed E-state index contributed by atoms with van der Waals surface area (Å²) in [6.45, 7) is 11.6. The highest BCUT2D eigenvalue weighted by Gasteiger charge is 2.64. The van der Waals surface area contributed by atoms with E-state index in [0.29, 0.717) is 25.5 Å². The summed E-state index contributed by atoms with van der Waals surface area (Å²) in [7, 11) is 0. The maximum atomic E-state index is 8.97. The molecule has 4 aliphatic rings. The number of aliphatic hydroxyl groups excluding tert-OH is 1. The minimum Gasteiger partial charge on any atom is -0.396 e. The molecule has 2 aromatic rings.